The molecule has 2 aromatic rings. The molecule has 3 atom stereocenters. The number of amides is 1. The average Bonchev–Trinajstić information content (AvgIpc) is 2.96. The predicted molar refractivity (Wildman–Crippen MR) is 109 cm³/mol. The number of likely N-dealkylation sites (N-methyl/N-ethyl adjacent to an activating group) is 1. The summed E-state index contributed by atoms with van der Waals surface area (Å²) in [5, 5.41) is -0.516. The van der Waals surface area contributed by atoms with Gasteiger partial charge < -0.3 is 14.4 Å². The summed E-state index contributed by atoms with van der Waals surface area (Å²) in [5.41, 5.74) is 1.48. The number of rotatable bonds is 5. The van der Waals surface area contributed by atoms with Gasteiger partial charge in [0.2, 0.25) is 6.23 Å². The van der Waals surface area contributed by atoms with Crippen LogP contribution in [-0.4, -0.2) is 47.5 Å². The first-order valence-corrected chi connectivity index (χ1v) is 9.94. The highest BCUT2D eigenvalue weighted by Crippen LogP contribution is 2.29. The van der Waals surface area contributed by atoms with E-state index < -0.39 is 11.5 Å². The van der Waals surface area contributed by atoms with E-state index >= 15 is 0 Å². The Morgan fingerprint density at radius 1 is 1.07 bits per heavy atom. The first-order valence-electron chi connectivity index (χ1n) is 9.42. The molecule has 1 aliphatic heterocycles. The third-order valence-electron chi connectivity index (χ3n) is 5.38. The lowest BCUT2D eigenvalue weighted by molar-refractivity contribution is -0.122. The standard InChI is InChI=1S/C22H21NO5S/c1-23-20(28-19-5-3-2-4-15(19)22(23)26)12-27-14-8-6-13(7-9-14)10-16-17(24)11-18(25)21(16)29/h2-9,16,20-21,29H,10-12H2,1H3. The van der Waals surface area contributed by atoms with Crippen LogP contribution in [0.2, 0.25) is 0 Å². The van der Waals surface area contributed by atoms with Gasteiger partial charge in [-0.2, -0.15) is 12.6 Å². The average molecular weight is 411 g/mol. The van der Waals surface area contributed by atoms with Crippen LogP contribution >= 0.6 is 12.6 Å². The van der Waals surface area contributed by atoms with Crippen molar-refractivity contribution in [1.29, 1.82) is 0 Å². The fourth-order valence-electron chi connectivity index (χ4n) is 3.61. The highest BCUT2D eigenvalue weighted by atomic mass is 32.1. The van der Waals surface area contributed by atoms with E-state index in [0.29, 0.717) is 23.5 Å². The van der Waals surface area contributed by atoms with E-state index in [0.717, 1.165) is 5.56 Å². The molecule has 1 saturated carbocycles. The molecule has 3 unspecified atom stereocenters. The zero-order valence-electron chi connectivity index (χ0n) is 15.9. The second kappa shape index (κ2) is 7.91. The molecule has 0 saturated heterocycles. The molecule has 4 rings (SSSR count). The summed E-state index contributed by atoms with van der Waals surface area (Å²) in [6.07, 6.45) is -0.0561. The van der Waals surface area contributed by atoms with Gasteiger partial charge in [0.15, 0.2) is 5.78 Å². The van der Waals surface area contributed by atoms with Gasteiger partial charge in [-0.25, -0.2) is 0 Å². The fourth-order valence-corrected chi connectivity index (χ4v) is 3.98. The number of ketones is 2. The van der Waals surface area contributed by atoms with Crippen LogP contribution in [-0.2, 0) is 16.0 Å². The van der Waals surface area contributed by atoms with E-state index in [2.05, 4.69) is 12.6 Å². The van der Waals surface area contributed by atoms with E-state index in [1.54, 1.807) is 25.2 Å². The molecule has 0 radical (unpaired) electrons. The van der Waals surface area contributed by atoms with Gasteiger partial charge in [-0.3, -0.25) is 14.4 Å². The molecule has 1 amide bonds. The molecule has 1 heterocycles. The normalized spacial score (nSPS) is 23.7. The summed E-state index contributed by atoms with van der Waals surface area (Å²) < 4.78 is 11.7. The Kier molecular flexibility index (Phi) is 5.32. The van der Waals surface area contributed by atoms with E-state index in [1.165, 1.54) is 4.90 Å². The maximum atomic E-state index is 12.5. The van der Waals surface area contributed by atoms with Crippen LogP contribution in [0.5, 0.6) is 11.5 Å². The van der Waals surface area contributed by atoms with Gasteiger partial charge in [0.05, 0.1) is 17.2 Å². The molecular weight excluding hydrogens is 390 g/mol. The number of ether oxygens (including phenoxy) is 2. The number of carbonyl (C=O) groups is 3. The van der Waals surface area contributed by atoms with Crippen LogP contribution in [0.1, 0.15) is 22.3 Å². The first-order chi connectivity index (χ1) is 13.9. The summed E-state index contributed by atoms with van der Waals surface area (Å²) in [7, 11) is 1.68. The minimum Gasteiger partial charge on any atom is -0.488 e. The van der Waals surface area contributed by atoms with Crippen LogP contribution in [0.15, 0.2) is 48.5 Å². The molecule has 7 heteroatoms. The van der Waals surface area contributed by atoms with Crippen LogP contribution in [0.4, 0.5) is 0 Å². The molecule has 1 fully saturated rings. The number of carbonyl (C=O) groups excluding carboxylic acids is 3. The van der Waals surface area contributed by atoms with E-state index in [4.69, 9.17) is 9.47 Å². The van der Waals surface area contributed by atoms with Crippen molar-refractivity contribution in [2.45, 2.75) is 24.3 Å². The van der Waals surface area contributed by atoms with Gasteiger partial charge in [-0.15, -0.1) is 0 Å². The highest BCUT2D eigenvalue weighted by Gasteiger charge is 2.39. The molecule has 0 aromatic heterocycles. The second-order valence-electron chi connectivity index (χ2n) is 7.30. The molecule has 150 valence electrons. The topological polar surface area (TPSA) is 72.9 Å². The van der Waals surface area contributed by atoms with Gasteiger partial charge in [0.1, 0.15) is 23.9 Å². The molecular formula is C22H21NO5S. The molecule has 6 nitrogen and oxygen atoms in total. The van der Waals surface area contributed by atoms with Gasteiger partial charge in [-0.1, -0.05) is 24.3 Å². The lowest BCUT2D eigenvalue weighted by Crippen LogP contribution is -2.48. The van der Waals surface area contributed by atoms with Crippen LogP contribution in [0.3, 0.4) is 0 Å². The Hall–Kier alpha value is -2.80. The molecule has 0 bridgehead atoms. The van der Waals surface area contributed by atoms with Crippen molar-refractivity contribution in [3.8, 4) is 11.5 Å². The third kappa shape index (κ3) is 3.87. The monoisotopic (exact) mass is 411 g/mol. The minimum absolute atomic E-state index is 0.0171. The smallest absolute Gasteiger partial charge is 0.260 e. The summed E-state index contributed by atoms with van der Waals surface area (Å²) >= 11 is 4.28. The van der Waals surface area contributed by atoms with Crippen molar-refractivity contribution < 1.29 is 23.9 Å². The number of nitrogens with zero attached hydrogens (tertiary/aromatic N) is 1. The Morgan fingerprint density at radius 3 is 2.48 bits per heavy atom. The maximum absolute atomic E-state index is 12.5. The highest BCUT2D eigenvalue weighted by molar-refractivity contribution is 7.82. The first kappa shape index (κ1) is 19.5. The predicted octanol–water partition coefficient (Wildman–Crippen LogP) is 2.56. The van der Waals surface area contributed by atoms with Crippen molar-refractivity contribution in [2.75, 3.05) is 13.7 Å². The Balaban J connectivity index is 1.37. The number of thiol groups is 1. The summed E-state index contributed by atoms with van der Waals surface area (Å²) in [5.74, 6) is 0.569. The molecule has 2 aliphatic rings. The van der Waals surface area contributed by atoms with Crippen LogP contribution in [0, 0.1) is 5.92 Å². The molecule has 0 spiro atoms. The largest absolute Gasteiger partial charge is 0.488 e. The lowest BCUT2D eigenvalue weighted by atomic mass is 9.97. The maximum Gasteiger partial charge on any atom is 0.260 e. The van der Waals surface area contributed by atoms with Gasteiger partial charge >= 0.3 is 0 Å². The second-order valence-corrected chi connectivity index (χ2v) is 7.86. The van der Waals surface area contributed by atoms with Crippen molar-refractivity contribution in [1.82, 2.24) is 4.90 Å². The zero-order valence-corrected chi connectivity index (χ0v) is 16.8. The number of benzene rings is 2. The molecule has 1 aliphatic carbocycles. The van der Waals surface area contributed by atoms with Crippen molar-refractivity contribution in [2.24, 2.45) is 5.92 Å². The third-order valence-corrected chi connectivity index (χ3v) is 6.03. The van der Waals surface area contributed by atoms with Crippen LogP contribution < -0.4 is 9.47 Å². The quantitative estimate of drug-likeness (QED) is 0.605. The number of hydrogen-bond donors (Lipinski definition) is 1. The Labute approximate surface area is 174 Å². The number of fused-ring (bicyclic) bond motifs is 1. The van der Waals surface area contributed by atoms with Gasteiger partial charge in [0, 0.05) is 13.0 Å². The lowest BCUT2D eigenvalue weighted by Gasteiger charge is -2.33. The number of Topliss-reactive ketones (excluding diaryl/α,β-unsaturated/α-hetero) is 2. The Morgan fingerprint density at radius 2 is 1.79 bits per heavy atom. The minimum atomic E-state index is -0.524. The van der Waals surface area contributed by atoms with Gasteiger partial charge in [-0.05, 0) is 36.2 Å². The van der Waals surface area contributed by atoms with Crippen molar-refractivity contribution >= 4 is 30.1 Å². The van der Waals surface area contributed by atoms with Gasteiger partial charge in [0.25, 0.3) is 5.91 Å². The number of para-hydroxylation sites is 1. The van der Waals surface area contributed by atoms with E-state index in [1.807, 2.05) is 30.3 Å². The van der Waals surface area contributed by atoms with E-state index in [-0.39, 0.29) is 36.4 Å². The molecule has 2 aromatic carbocycles. The molecule has 0 N–H and O–H groups in total. The summed E-state index contributed by atoms with van der Waals surface area (Å²) in [4.78, 5) is 37.6. The van der Waals surface area contributed by atoms with Crippen LogP contribution in [0.25, 0.3) is 0 Å². The SMILES string of the molecule is CN1C(=O)c2ccccc2OC1COc1ccc(CC2C(=O)CC(=O)C2S)cc1. The summed E-state index contributed by atoms with van der Waals surface area (Å²) in [6, 6.07) is 14.5. The van der Waals surface area contributed by atoms with E-state index in [9.17, 15) is 14.4 Å². The number of hydrogen-bond acceptors (Lipinski definition) is 6. The van der Waals surface area contributed by atoms with Crippen molar-refractivity contribution in [3.63, 3.8) is 0 Å². The van der Waals surface area contributed by atoms with Crippen molar-refractivity contribution in [3.05, 3.63) is 59.7 Å². The summed E-state index contributed by atoms with van der Waals surface area (Å²) in [6.45, 7) is 0.185. The zero-order chi connectivity index (χ0) is 20.5. The Bertz CT molecular complexity index is 958. The molecule has 29 heavy (non-hydrogen) atoms. The fraction of sp³-hybridized carbons (Fsp3) is 0.318.